The number of nitrogen functional groups attached to an aromatic ring is 1. The molecule has 0 aliphatic carbocycles. The molecule has 1 heterocycles. The molecular formula is C21H27Cl2N3S. The van der Waals surface area contributed by atoms with Crippen molar-refractivity contribution in [1.29, 1.82) is 0 Å². The molecule has 0 spiro atoms. The first-order valence-electron chi connectivity index (χ1n) is 9.16. The van der Waals surface area contributed by atoms with Gasteiger partial charge in [-0.15, -0.1) is 0 Å². The van der Waals surface area contributed by atoms with Crippen LogP contribution in [0.4, 0.5) is 5.69 Å². The fourth-order valence-electron chi connectivity index (χ4n) is 2.72. The van der Waals surface area contributed by atoms with Crippen molar-refractivity contribution in [1.82, 2.24) is 9.29 Å². The van der Waals surface area contributed by atoms with Crippen molar-refractivity contribution in [3.05, 3.63) is 58.7 Å². The molecule has 2 aromatic carbocycles. The number of aromatic nitrogens is 1. The largest absolute Gasteiger partial charge is 0.398 e. The second kappa shape index (κ2) is 10.3. The van der Waals surface area contributed by atoms with E-state index in [4.69, 9.17) is 28.9 Å². The molecule has 146 valence electrons. The fourth-order valence-corrected chi connectivity index (χ4v) is 4.29. The third-order valence-corrected chi connectivity index (χ3v) is 5.94. The normalized spacial score (nSPS) is 12.1. The molecule has 6 heteroatoms. The highest BCUT2D eigenvalue weighted by atomic mass is 35.5. The second-order valence-electron chi connectivity index (χ2n) is 6.40. The number of rotatable bonds is 6. The van der Waals surface area contributed by atoms with Gasteiger partial charge in [-0.05, 0) is 47.5 Å². The summed E-state index contributed by atoms with van der Waals surface area (Å²) < 4.78 is 5.81. The van der Waals surface area contributed by atoms with Crippen molar-refractivity contribution in [2.75, 3.05) is 5.73 Å². The Morgan fingerprint density at radius 3 is 2.48 bits per heavy atom. The molecule has 3 rings (SSSR count). The summed E-state index contributed by atoms with van der Waals surface area (Å²) in [6.07, 6.45) is 2.13. The zero-order valence-electron chi connectivity index (χ0n) is 16.2. The third kappa shape index (κ3) is 5.58. The van der Waals surface area contributed by atoms with Gasteiger partial charge in [-0.2, -0.15) is 0 Å². The molecule has 0 saturated carbocycles. The summed E-state index contributed by atoms with van der Waals surface area (Å²) in [6.45, 7) is 9.27. The molecule has 0 amide bonds. The van der Waals surface area contributed by atoms with E-state index in [-0.39, 0.29) is 6.04 Å². The van der Waals surface area contributed by atoms with Crippen LogP contribution in [0, 0.1) is 5.92 Å². The van der Waals surface area contributed by atoms with Gasteiger partial charge in [0.25, 0.3) is 0 Å². The quantitative estimate of drug-likeness (QED) is 0.335. The first-order chi connectivity index (χ1) is 13.0. The van der Waals surface area contributed by atoms with E-state index < -0.39 is 0 Å². The Kier molecular flexibility index (Phi) is 8.36. The van der Waals surface area contributed by atoms with E-state index >= 15 is 0 Å². The molecule has 3 aromatic rings. The van der Waals surface area contributed by atoms with E-state index in [9.17, 15) is 0 Å². The van der Waals surface area contributed by atoms with Crippen LogP contribution in [-0.2, 0) is 6.54 Å². The second-order valence-corrected chi connectivity index (χ2v) is 8.10. The predicted octanol–water partition coefficient (Wildman–Crippen LogP) is 6.88. The lowest BCUT2D eigenvalue weighted by Gasteiger charge is -2.23. The number of hydrogen-bond acceptors (Lipinski definition) is 3. The van der Waals surface area contributed by atoms with E-state index in [0.717, 1.165) is 11.4 Å². The number of hydrogen-bond donors (Lipinski definition) is 2. The minimum Gasteiger partial charge on any atom is -0.398 e. The van der Waals surface area contributed by atoms with Gasteiger partial charge in [0, 0.05) is 35.0 Å². The van der Waals surface area contributed by atoms with Crippen LogP contribution in [0.5, 0.6) is 0 Å². The minimum absolute atomic E-state index is 0.256. The molecule has 27 heavy (non-hydrogen) atoms. The average Bonchev–Trinajstić information content (AvgIpc) is 3.04. The third-order valence-electron chi connectivity index (χ3n) is 4.23. The summed E-state index contributed by atoms with van der Waals surface area (Å²) in [5.41, 5.74) is 7.89. The zero-order chi connectivity index (χ0) is 20.0. The van der Waals surface area contributed by atoms with Gasteiger partial charge in [0.2, 0.25) is 0 Å². The van der Waals surface area contributed by atoms with Gasteiger partial charge in [-0.25, -0.2) is 0 Å². The lowest BCUT2D eigenvalue weighted by molar-refractivity contribution is 0.417. The summed E-state index contributed by atoms with van der Waals surface area (Å²) in [6, 6.07) is 14.3. The van der Waals surface area contributed by atoms with Crippen molar-refractivity contribution >= 4 is 51.7 Å². The molecule has 0 radical (unpaired) electrons. The lowest BCUT2D eigenvalue weighted by Crippen LogP contribution is -2.33. The first kappa shape index (κ1) is 22.0. The first-order valence-corrected chi connectivity index (χ1v) is 10.7. The molecule has 1 unspecified atom stereocenters. The van der Waals surface area contributed by atoms with E-state index in [2.05, 4.69) is 59.7 Å². The average molecular weight is 424 g/mol. The number of anilines is 1. The van der Waals surface area contributed by atoms with Crippen LogP contribution in [0.2, 0.25) is 10.0 Å². The number of para-hydroxylation sites is 1. The summed E-state index contributed by atoms with van der Waals surface area (Å²) in [7, 11) is 0. The van der Waals surface area contributed by atoms with E-state index in [0.29, 0.717) is 21.7 Å². The van der Waals surface area contributed by atoms with Gasteiger partial charge in [-0.1, -0.05) is 69.1 Å². The number of benzene rings is 2. The maximum atomic E-state index is 6.29. The Morgan fingerprint density at radius 2 is 1.81 bits per heavy atom. The Hall–Kier alpha value is -1.33. The monoisotopic (exact) mass is 423 g/mol. The van der Waals surface area contributed by atoms with Crippen molar-refractivity contribution in [2.24, 2.45) is 5.92 Å². The molecule has 0 aliphatic rings. The SMILES string of the molecule is CC.CC(C)C(Cn1ccc2ccccc21)NSc1c(N)cc(Cl)cc1Cl. The number of nitrogens with two attached hydrogens (primary N) is 1. The maximum Gasteiger partial charge on any atom is 0.0645 e. The Balaban J connectivity index is 0.00000126. The minimum atomic E-state index is 0.256. The number of halogens is 2. The van der Waals surface area contributed by atoms with Gasteiger partial charge in [0.15, 0.2) is 0 Å². The van der Waals surface area contributed by atoms with Crippen LogP contribution in [0.25, 0.3) is 10.9 Å². The van der Waals surface area contributed by atoms with Crippen LogP contribution >= 0.6 is 35.1 Å². The Bertz CT molecular complexity index is 854. The molecule has 0 fully saturated rings. The zero-order valence-corrected chi connectivity index (χ0v) is 18.5. The molecule has 1 atom stereocenters. The van der Waals surface area contributed by atoms with E-state index in [1.807, 2.05) is 13.8 Å². The van der Waals surface area contributed by atoms with Gasteiger partial charge in [-0.3, -0.25) is 4.72 Å². The highest BCUT2D eigenvalue weighted by molar-refractivity contribution is 7.97. The number of fused-ring (bicyclic) bond motifs is 1. The van der Waals surface area contributed by atoms with Gasteiger partial charge in [0.05, 0.1) is 9.92 Å². The summed E-state index contributed by atoms with van der Waals surface area (Å²) in [5.74, 6) is 0.445. The smallest absolute Gasteiger partial charge is 0.0645 e. The lowest BCUT2D eigenvalue weighted by atomic mass is 10.1. The molecule has 0 bridgehead atoms. The van der Waals surface area contributed by atoms with Crippen molar-refractivity contribution in [3.8, 4) is 0 Å². The topological polar surface area (TPSA) is 43.0 Å². The molecule has 1 aromatic heterocycles. The number of nitrogens with one attached hydrogen (secondary N) is 1. The highest BCUT2D eigenvalue weighted by Crippen LogP contribution is 2.34. The highest BCUT2D eigenvalue weighted by Gasteiger charge is 2.17. The summed E-state index contributed by atoms with van der Waals surface area (Å²) in [4.78, 5) is 0.814. The molecule has 3 nitrogen and oxygen atoms in total. The van der Waals surface area contributed by atoms with Crippen molar-refractivity contribution in [3.63, 3.8) is 0 Å². The summed E-state index contributed by atoms with van der Waals surface area (Å²) >= 11 is 13.7. The van der Waals surface area contributed by atoms with Crippen LogP contribution in [0.15, 0.2) is 53.6 Å². The molecular weight excluding hydrogens is 397 g/mol. The van der Waals surface area contributed by atoms with Crippen LogP contribution in [0.1, 0.15) is 27.7 Å². The molecule has 0 saturated heterocycles. The maximum absolute atomic E-state index is 6.29. The summed E-state index contributed by atoms with van der Waals surface area (Å²) in [5, 5.41) is 2.37. The van der Waals surface area contributed by atoms with E-state index in [1.165, 1.54) is 22.9 Å². The van der Waals surface area contributed by atoms with Crippen LogP contribution < -0.4 is 10.5 Å². The molecule has 3 N–H and O–H groups in total. The van der Waals surface area contributed by atoms with Gasteiger partial charge >= 0.3 is 0 Å². The van der Waals surface area contributed by atoms with Crippen LogP contribution in [0.3, 0.4) is 0 Å². The predicted molar refractivity (Wildman–Crippen MR) is 122 cm³/mol. The standard InChI is InChI=1S/C19H21Cl2N3S.C2H6/c1-12(2)17(11-24-8-7-13-5-3-4-6-18(13)24)23-25-19-15(21)9-14(20)10-16(19)22;1-2/h3-10,12,17,23H,11,22H2,1-2H3;1-2H3. The fraction of sp³-hybridized carbons (Fsp3) is 0.333. The van der Waals surface area contributed by atoms with Crippen molar-refractivity contribution in [2.45, 2.75) is 45.2 Å². The van der Waals surface area contributed by atoms with E-state index in [1.54, 1.807) is 12.1 Å². The Morgan fingerprint density at radius 1 is 1.11 bits per heavy atom. The van der Waals surface area contributed by atoms with Crippen LogP contribution in [-0.4, -0.2) is 10.6 Å². The Labute approximate surface area is 176 Å². The van der Waals surface area contributed by atoms with Gasteiger partial charge in [0.1, 0.15) is 0 Å². The molecule has 0 aliphatic heterocycles. The number of nitrogens with zero attached hydrogens (tertiary/aromatic N) is 1. The van der Waals surface area contributed by atoms with Gasteiger partial charge < -0.3 is 10.3 Å². The van der Waals surface area contributed by atoms with Crippen molar-refractivity contribution < 1.29 is 0 Å².